The van der Waals surface area contributed by atoms with Crippen LogP contribution in [0.5, 0.6) is 0 Å². The Morgan fingerprint density at radius 1 is 1.11 bits per heavy atom. The lowest BCUT2D eigenvalue weighted by Crippen LogP contribution is -2.35. The fraction of sp³-hybridized carbons (Fsp3) is 0.875. The van der Waals surface area contributed by atoms with Crippen molar-refractivity contribution in [2.75, 3.05) is 0 Å². The molecule has 0 radical (unpaired) electrons. The summed E-state index contributed by atoms with van der Waals surface area (Å²) in [5.74, 6) is 0. The Morgan fingerprint density at radius 2 is 1.63 bits per heavy atom. The third kappa shape index (κ3) is 3.37. The molecule has 1 fully saturated rings. The van der Waals surface area contributed by atoms with E-state index >= 15 is 0 Å². The van der Waals surface area contributed by atoms with E-state index in [4.69, 9.17) is 0 Å². The van der Waals surface area contributed by atoms with Crippen LogP contribution < -0.4 is 0 Å². The lowest BCUT2D eigenvalue weighted by Gasteiger charge is -2.44. The third-order valence-electron chi connectivity index (χ3n) is 4.19. The van der Waals surface area contributed by atoms with Gasteiger partial charge < -0.3 is 0 Å². The molecule has 0 bridgehead atoms. The van der Waals surface area contributed by atoms with Crippen LogP contribution in [0.3, 0.4) is 0 Å². The number of nitrogens with zero attached hydrogens (tertiary/aromatic N) is 3. The lowest BCUT2D eigenvalue weighted by atomic mass is 9.63. The predicted octanol–water partition coefficient (Wildman–Crippen LogP) is 4.35. The summed E-state index contributed by atoms with van der Waals surface area (Å²) in [7, 11) is 0. The van der Waals surface area contributed by atoms with Gasteiger partial charge in [-0.15, -0.1) is 5.10 Å². The summed E-state index contributed by atoms with van der Waals surface area (Å²) in [6, 6.07) is 0.488. The highest BCUT2D eigenvalue weighted by atomic mass is 15.4. The first kappa shape index (κ1) is 14.5. The molecular weight excluding hydrogens is 234 g/mol. The van der Waals surface area contributed by atoms with E-state index in [0.717, 1.165) is 5.69 Å². The van der Waals surface area contributed by atoms with Crippen LogP contribution in [0.1, 0.15) is 79.5 Å². The maximum atomic E-state index is 4.40. The van der Waals surface area contributed by atoms with E-state index in [1.54, 1.807) is 0 Å². The van der Waals surface area contributed by atoms with E-state index in [2.05, 4.69) is 69.7 Å². The molecule has 0 N–H and O–H groups in total. The molecule has 0 unspecified atom stereocenters. The molecule has 0 aliphatic heterocycles. The largest absolute Gasteiger partial charge is 0.249 e. The zero-order valence-electron chi connectivity index (χ0n) is 13.6. The minimum atomic E-state index is 0.0813. The van der Waals surface area contributed by atoms with Gasteiger partial charge in [-0.05, 0) is 30.1 Å². The van der Waals surface area contributed by atoms with Gasteiger partial charge in [-0.2, -0.15) is 0 Å². The first-order valence-electron chi connectivity index (χ1n) is 7.41. The SMILES string of the molecule is CC1(C)CC(n2cc(C(C)(C)C)nn2)CC(C)(C)C1. The Bertz CT molecular complexity index is 433. The van der Waals surface area contributed by atoms with Gasteiger partial charge in [-0.25, -0.2) is 4.68 Å². The average molecular weight is 263 g/mol. The summed E-state index contributed by atoms with van der Waals surface area (Å²) in [6.45, 7) is 16.1. The molecule has 19 heavy (non-hydrogen) atoms. The van der Waals surface area contributed by atoms with Crippen molar-refractivity contribution in [3.63, 3.8) is 0 Å². The number of aromatic nitrogens is 3. The maximum Gasteiger partial charge on any atom is 0.0880 e. The smallest absolute Gasteiger partial charge is 0.0880 e. The minimum Gasteiger partial charge on any atom is -0.249 e. The zero-order valence-corrected chi connectivity index (χ0v) is 13.6. The second-order valence-corrected chi connectivity index (χ2v) is 8.90. The molecular formula is C16H29N3. The van der Waals surface area contributed by atoms with Crippen molar-refractivity contribution in [3.8, 4) is 0 Å². The topological polar surface area (TPSA) is 30.7 Å². The van der Waals surface area contributed by atoms with E-state index in [0.29, 0.717) is 16.9 Å². The molecule has 0 saturated heterocycles. The molecule has 3 heteroatoms. The van der Waals surface area contributed by atoms with Gasteiger partial charge in [-0.1, -0.05) is 53.7 Å². The second kappa shape index (κ2) is 4.32. The van der Waals surface area contributed by atoms with E-state index in [1.165, 1.54) is 19.3 Å². The van der Waals surface area contributed by atoms with Gasteiger partial charge in [0.2, 0.25) is 0 Å². The molecule has 2 rings (SSSR count). The summed E-state index contributed by atoms with van der Waals surface area (Å²) >= 11 is 0. The Kier molecular flexibility index (Phi) is 3.31. The molecule has 0 spiro atoms. The number of rotatable bonds is 1. The zero-order chi connectivity index (χ0) is 14.5. The van der Waals surface area contributed by atoms with Gasteiger partial charge in [0.1, 0.15) is 0 Å². The fourth-order valence-corrected chi connectivity index (χ4v) is 3.77. The Morgan fingerprint density at radius 3 is 2.05 bits per heavy atom. The summed E-state index contributed by atoms with van der Waals surface area (Å²) in [5, 5.41) is 8.78. The second-order valence-electron chi connectivity index (χ2n) is 8.90. The van der Waals surface area contributed by atoms with E-state index in [1.807, 2.05) is 0 Å². The number of hydrogen-bond acceptors (Lipinski definition) is 2. The molecule has 3 nitrogen and oxygen atoms in total. The summed E-state index contributed by atoms with van der Waals surface area (Å²) in [6.07, 6.45) is 5.84. The molecule has 1 aromatic rings. The Balaban J connectivity index is 2.24. The quantitative estimate of drug-likeness (QED) is 0.754. The van der Waals surface area contributed by atoms with Gasteiger partial charge in [0.05, 0.1) is 11.7 Å². The Labute approximate surface area is 117 Å². The van der Waals surface area contributed by atoms with Crippen molar-refractivity contribution in [2.24, 2.45) is 10.8 Å². The summed E-state index contributed by atoms with van der Waals surface area (Å²) < 4.78 is 2.11. The van der Waals surface area contributed by atoms with Gasteiger partial charge in [-0.3, -0.25) is 0 Å². The molecule has 0 atom stereocenters. The van der Waals surface area contributed by atoms with Crippen LogP contribution in [0, 0.1) is 10.8 Å². The monoisotopic (exact) mass is 263 g/mol. The van der Waals surface area contributed by atoms with Crippen molar-refractivity contribution in [1.82, 2.24) is 15.0 Å². The molecule has 1 aromatic heterocycles. The standard InChI is InChI=1S/C16H29N3/c1-14(2,3)13-10-19(18-17-13)12-8-15(4,5)11-16(6,7)9-12/h10,12H,8-9,11H2,1-7H3. The van der Waals surface area contributed by atoms with Crippen molar-refractivity contribution >= 4 is 0 Å². The first-order chi connectivity index (χ1) is 8.49. The van der Waals surface area contributed by atoms with Gasteiger partial charge in [0.15, 0.2) is 0 Å². The fourth-order valence-electron chi connectivity index (χ4n) is 3.77. The highest BCUT2D eigenvalue weighted by Gasteiger charge is 2.39. The molecule has 0 aromatic carbocycles. The predicted molar refractivity (Wildman–Crippen MR) is 79.2 cm³/mol. The third-order valence-corrected chi connectivity index (χ3v) is 4.19. The van der Waals surface area contributed by atoms with Crippen LogP contribution in [0.4, 0.5) is 0 Å². The van der Waals surface area contributed by atoms with Crippen molar-refractivity contribution < 1.29 is 0 Å². The van der Waals surface area contributed by atoms with E-state index in [9.17, 15) is 0 Å². The van der Waals surface area contributed by atoms with Crippen LogP contribution >= 0.6 is 0 Å². The average Bonchev–Trinajstić information content (AvgIpc) is 2.59. The van der Waals surface area contributed by atoms with Gasteiger partial charge in [0, 0.05) is 11.6 Å². The van der Waals surface area contributed by atoms with E-state index in [-0.39, 0.29) is 5.41 Å². The highest BCUT2D eigenvalue weighted by molar-refractivity contribution is 5.07. The van der Waals surface area contributed by atoms with Crippen molar-refractivity contribution in [2.45, 2.75) is 79.2 Å². The molecule has 0 amide bonds. The highest BCUT2D eigenvalue weighted by Crippen LogP contribution is 2.49. The van der Waals surface area contributed by atoms with Crippen LogP contribution in [0.15, 0.2) is 6.20 Å². The van der Waals surface area contributed by atoms with Gasteiger partial charge >= 0.3 is 0 Å². The first-order valence-corrected chi connectivity index (χ1v) is 7.41. The molecule has 1 aliphatic carbocycles. The normalized spacial score (nSPS) is 23.5. The van der Waals surface area contributed by atoms with Crippen LogP contribution in [-0.4, -0.2) is 15.0 Å². The maximum absolute atomic E-state index is 4.40. The van der Waals surface area contributed by atoms with Crippen LogP contribution in [-0.2, 0) is 5.41 Å². The molecule has 1 saturated carbocycles. The van der Waals surface area contributed by atoms with Crippen LogP contribution in [0.2, 0.25) is 0 Å². The Hall–Kier alpha value is -0.860. The lowest BCUT2D eigenvalue weighted by molar-refractivity contribution is 0.0665. The van der Waals surface area contributed by atoms with Crippen LogP contribution in [0.25, 0.3) is 0 Å². The van der Waals surface area contributed by atoms with Gasteiger partial charge in [0.25, 0.3) is 0 Å². The number of hydrogen-bond donors (Lipinski definition) is 0. The minimum absolute atomic E-state index is 0.0813. The molecule has 108 valence electrons. The van der Waals surface area contributed by atoms with E-state index < -0.39 is 0 Å². The summed E-state index contributed by atoms with van der Waals surface area (Å²) in [4.78, 5) is 0. The van der Waals surface area contributed by atoms with Crippen molar-refractivity contribution in [1.29, 1.82) is 0 Å². The molecule has 1 heterocycles. The molecule has 1 aliphatic rings. The van der Waals surface area contributed by atoms with Crippen molar-refractivity contribution in [3.05, 3.63) is 11.9 Å². The summed E-state index contributed by atoms with van der Waals surface area (Å²) in [5.41, 5.74) is 1.95.